The monoisotopic (exact) mass is 409 g/mol. The lowest BCUT2D eigenvalue weighted by atomic mass is 9.94. The van der Waals surface area contributed by atoms with Crippen LogP contribution in [0.5, 0.6) is 0 Å². The van der Waals surface area contributed by atoms with E-state index in [9.17, 15) is 27.6 Å². The summed E-state index contributed by atoms with van der Waals surface area (Å²) in [6, 6.07) is 10.8. The Morgan fingerprint density at radius 2 is 1.47 bits per heavy atom. The maximum atomic E-state index is 13.1. The van der Waals surface area contributed by atoms with Gasteiger partial charge < -0.3 is 0 Å². The zero-order valence-corrected chi connectivity index (χ0v) is 14.9. The van der Waals surface area contributed by atoms with Crippen LogP contribution in [0, 0.1) is 0 Å². The van der Waals surface area contributed by atoms with Gasteiger partial charge in [-0.1, -0.05) is 36.4 Å². The molecule has 0 radical (unpaired) electrons. The lowest BCUT2D eigenvalue weighted by Crippen LogP contribution is -2.23. The molecule has 9 heteroatoms. The van der Waals surface area contributed by atoms with E-state index in [4.69, 9.17) is 0 Å². The summed E-state index contributed by atoms with van der Waals surface area (Å²) in [7, 11) is 0. The molecule has 0 atom stereocenters. The van der Waals surface area contributed by atoms with Crippen LogP contribution in [0.4, 0.5) is 13.2 Å². The number of aromatic nitrogens is 3. The molecule has 0 saturated heterocycles. The van der Waals surface area contributed by atoms with Crippen molar-refractivity contribution >= 4 is 16.8 Å². The number of H-pyrrole nitrogens is 2. The van der Waals surface area contributed by atoms with Gasteiger partial charge in [0, 0.05) is 16.7 Å². The molecule has 30 heavy (non-hydrogen) atoms. The number of rotatable bonds is 1. The minimum atomic E-state index is -4.53. The highest BCUT2D eigenvalue weighted by Gasteiger charge is 2.34. The van der Waals surface area contributed by atoms with E-state index in [-0.39, 0.29) is 33.4 Å². The first-order chi connectivity index (χ1) is 14.3. The Bertz CT molecular complexity index is 1480. The molecule has 4 aromatic rings. The van der Waals surface area contributed by atoms with Gasteiger partial charge in [-0.25, -0.2) is 9.78 Å². The first-order valence-electron chi connectivity index (χ1n) is 8.78. The number of hydrogen-bond donors (Lipinski definition) is 2. The van der Waals surface area contributed by atoms with Gasteiger partial charge >= 0.3 is 11.9 Å². The highest BCUT2D eigenvalue weighted by Crippen LogP contribution is 2.43. The Morgan fingerprint density at radius 3 is 2.13 bits per heavy atom. The number of aromatic amines is 2. The molecule has 0 unspecified atom stereocenters. The fraction of sp³-hybridized carbons (Fsp3) is 0.0476. The summed E-state index contributed by atoms with van der Waals surface area (Å²) in [5.41, 5.74) is -0.873. The van der Waals surface area contributed by atoms with E-state index in [0.29, 0.717) is 11.1 Å². The molecule has 1 aliphatic rings. The quantitative estimate of drug-likeness (QED) is 0.443. The molecule has 5 rings (SSSR count). The zero-order valence-electron chi connectivity index (χ0n) is 14.9. The summed E-state index contributed by atoms with van der Waals surface area (Å²) >= 11 is 0. The minimum absolute atomic E-state index is 0.0538. The van der Waals surface area contributed by atoms with Crippen molar-refractivity contribution in [3.8, 4) is 22.4 Å². The third-order valence-corrected chi connectivity index (χ3v) is 5.04. The average molecular weight is 409 g/mol. The lowest BCUT2D eigenvalue weighted by Gasteiger charge is -2.12. The normalized spacial score (nSPS) is 12.8. The number of halogens is 3. The fourth-order valence-electron chi connectivity index (χ4n) is 3.75. The van der Waals surface area contributed by atoms with Crippen molar-refractivity contribution in [2.75, 3.05) is 0 Å². The summed E-state index contributed by atoms with van der Waals surface area (Å²) in [4.78, 5) is 46.4. The Morgan fingerprint density at radius 1 is 0.800 bits per heavy atom. The summed E-state index contributed by atoms with van der Waals surface area (Å²) < 4.78 is 39.0. The number of nitrogens with zero attached hydrogens (tertiary/aromatic N) is 1. The molecule has 0 spiro atoms. The Labute approximate surface area is 165 Å². The van der Waals surface area contributed by atoms with Crippen molar-refractivity contribution in [3.63, 3.8) is 0 Å². The number of hydrogen-bond acceptors (Lipinski definition) is 4. The van der Waals surface area contributed by atoms with Gasteiger partial charge in [-0.2, -0.15) is 13.2 Å². The van der Waals surface area contributed by atoms with Crippen molar-refractivity contribution in [3.05, 3.63) is 86.1 Å². The number of alkyl halides is 3. The van der Waals surface area contributed by atoms with E-state index in [2.05, 4.69) is 15.0 Å². The van der Waals surface area contributed by atoms with Crippen molar-refractivity contribution in [1.82, 2.24) is 15.0 Å². The van der Waals surface area contributed by atoms with Crippen LogP contribution in [0.25, 0.3) is 33.4 Å². The Balaban J connectivity index is 1.91. The Kier molecular flexibility index (Phi) is 3.60. The molecule has 2 aromatic heterocycles. The van der Waals surface area contributed by atoms with Gasteiger partial charge in [-0.3, -0.25) is 19.6 Å². The van der Waals surface area contributed by atoms with E-state index in [1.54, 1.807) is 24.3 Å². The van der Waals surface area contributed by atoms with Crippen LogP contribution in [0.15, 0.2) is 58.1 Å². The van der Waals surface area contributed by atoms with Crippen LogP contribution >= 0.6 is 0 Å². The standard InChI is InChI=1S/C21H10F3N3O3/c22-21(23,24)10-7-5-9(6-8-10)13-14-16(11-3-1-2-4-12(11)17(14)28)25-18-15(13)19(29)27-20(30)26-18/h1-8H,(H2,25,26,27,29,30). The maximum Gasteiger partial charge on any atom is 0.416 e. The average Bonchev–Trinajstić information content (AvgIpc) is 2.98. The van der Waals surface area contributed by atoms with Crippen LogP contribution in [-0.4, -0.2) is 20.7 Å². The van der Waals surface area contributed by atoms with E-state index >= 15 is 0 Å². The van der Waals surface area contributed by atoms with E-state index in [1.165, 1.54) is 12.1 Å². The van der Waals surface area contributed by atoms with Crippen molar-refractivity contribution < 1.29 is 18.0 Å². The summed E-state index contributed by atoms with van der Waals surface area (Å²) in [5, 5.41) is -0.0748. The largest absolute Gasteiger partial charge is 0.416 e. The summed E-state index contributed by atoms with van der Waals surface area (Å²) in [6.45, 7) is 0. The molecule has 0 aliphatic heterocycles. The zero-order chi connectivity index (χ0) is 21.2. The molecule has 0 saturated carbocycles. The highest BCUT2D eigenvalue weighted by atomic mass is 19.4. The lowest BCUT2D eigenvalue weighted by molar-refractivity contribution is -0.137. The topological polar surface area (TPSA) is 95.7 Å². The van der Waals surface area contributed by atoms with E-state index < -0.39 is 28.8 Å². The minimum Gasteiger partial charge on any atom is -0.291 e. The molecular formula is C21H10F3N3O3. The number of pyridine rings is 1. The van der Waals surface area contributed by atoms with Gasteiger partial charge in [-0.05, 0) is 17.7 Å². The highest BCUT2D eigenvalue weighted by molar-refractivity contribution is 6.26. The molecule has 148 valence electrons. The second-order valence-corrected chi connectivity index (χ2v) is 6.79. The van der Waals surface area contributed by atoms with Crippen LogP contribution in [-0.2, 0) is 6.18 Å². The molecule has 0 amide bonds. The number of ketones is 1. The maximum absolute atomic E-state index is 13.1. The predicted octanol–water partition coefficient (Wildman–Crippen LogP) is 3.51. The third kappa shape index (κ3) is 2.52. The first-order valence-corrected chi connectivity index (χ1v) is 8.78. The number of carbonyl (C=O) groups is 1. The molecule has 0 bridgehead atoms. The smallest absolute Gasteiger partial charge is 0.291 e. The molecule has 6 nitrogen and oxygen atoms in total. The number of carbonyl (C=O) groups excluding carboxylic acids is 1. The van der Waals surface area contributed by atoms with Gasteiger partial charge in [0.25, 0.3) is 5.56 Å². The first kappa shape index (κ1) is 18.0. The van der Waals surface area contributed by atoms with Gasteiger partial charge in [0.2, 0.25) is 0 Å². The summed E-state index contributed by atoms with van der Waals surface area (Å²) in [5.74, 6) is -0.393. The number of nitrogens with one attached hydrogen (secondary N) is 2. The van der Waals surface area contributed by atoms with Crippen molar-refractivity contribution in [2.24, 2.45) is 0 Å². The van der Waals surface area contributed by atoms with Crippen LogP contribution in [0.3, 0.4) is 0 Å². The molecule has 0 fully saturated rings. The van der Waals surface area contributed by atoms with Crippen LogP contribution in [0.2, 0.25) is 0 Å². The van der Waals surface area contributed by atoms with Crippen molar-refractivity contribution in [1.29, 1.82) is 0 Å². The molecule has 2 aromatic carbocycles. The number of benzene rings is 2. The number of fused-ring (bicyclic) bond motifs is 4. The fourth-order valence-corrected chi connectivity index (χ4v) is 3.75. The van der Waals surface area contributed by atoms with Crippen LogP contribution < -0.4 is 11.2 Å². The van der Waals surface area contributed by atoms with Gasteiger partial charge in [0.1, 0.15) is 5.65 Å². The molecule has 2 N–H and O–H groups in total. The van der Waals surface area contributed by atoms with E-state index in [0.717, 1.165) is 12.1 Å². The Hall–Kier alpha value is -4.01. The van der Waals surface area contributed by atoms with Crippen molar-refractivity contribution in [2.45, 2.75) is 6.18 Å². The SMILES string of the molecule is O=C1c2ccccc2-c2nc3[nH]c(=O)[nH]c(=O)c3c(-c3ccc(C(F)(F)F)cc3)c21. The molecular weight excluding hydrogens is 399 g/mol. The second-order valence-electron chi connectivity index (χ2n) is 6.79. The van der Waals surface area contributed by atoms with E-state index in [1.807, 2.05) is 0 Å². The second kappa shape index (κ2) is 5.99. The summed E-state index contributed by atoms with van der Waals surface area (Å²) in [6.07, 6.45) is -4.53. The van der Waals surface area contributed by atoms with Gasteiger partial charge in [0.05, 0.1) is 22.2 Å². The predicted molar refractivity (Wildman–Crippen MR) is 102 cm³/mol. The van der Waals surface area contributed by atoms with Crippen LogP contribution in [0.1, 0.15) is 21.5 Å². The van der Waals surface area contributed by atoms with Gasteiger partial charge in [0.15, 0.2) is 5.78 Å². The van der Waals surface area contributed by atoms with Gasteiger partial charge in [-0.15, -0.1) is 0 Å². The molecule has 2 heterocycles. The molecule has 1 aliphatic carbocycles. The third-order valence-electron chi connectivity index (χ3n) is 5.04.